The van der Waals surface area contributed by atoms with Gasteiger partial charge in [-0.15, -0.1) is 0 Å². The quantitative estimate of drug-likeness (QED) is 0.864. The number of nitrogens with two attached hydrogens (primary N) is 1. The van der Waals surface area contributed by atoms with Crippen LogP contribution in [0.2, 0.25) is 0 Å². The van der Waals surface area contributed by atoms with Crippen LogP contribution in [0.1, 0.15) is 28.4 Å². The van der Waals surface area contributed by atoms with E-state index < -0.39 is 0 Å². The van der Waals surface area contributed by atoms with E-state index in [1.165, 1.54) is 0 Å². The first-order valence-electron chi connectivity index (χ1n) is 6.57. The number of rotatable bonds is 4. The Morgan fingerprint density at radius 1 is 1.50 bits per heavy atom. The van der Waals surface area contributed by atoms with Gasteiger partial charge in [0.15, 0.2) is 0 Å². The number of carbonyl (C=O) groups excluding carboxylic acids is 1. The minimum absolute atomic E-state index is 0.0421. The number of hydrogen-bond acceptors (Lipinski definition) is 3. The van der Waals surface area contributed by atoms with Gasteiger partial charge in [-0.05, 0) is 37.8 Å². The normalized spacial score (nSPS) is 11.4. The summed E-state index contributed by atoms with van der Waals surface area (Å²) in [6.07, 6.45) is 2.04. The number of nitrogens with zero attached hydrogens (tertiary/aromatic N) is 1. The summed E-state index contributed by atoms with van der Waals surface area (Å²) in [7, 11) is 1.85. The van der Waals surface area contributed by atoms with Gasteiger partial charge in [0.2, 0.25) is 0 Å². The molecule has 1 aromatic rings. The van der Waals surface area contributed by atoms with Crippen molar-refractivity contribution in [3.8, 4) is 11.8 Å². The highest BCUT2D eigenvalue weighted by atomic mass is 32.2. The Hall–Kier alpha value is -1.44. The van der Waals surface area contributed by atoms with E-state index in [4.69, 9.17) is 5.73 Å². The zero-order chi connectivity index (χ0) is 15.1. The second-order valence-corrected chi connectivity index (χ2v) is 5.62. The average Bonchev–Trinajstić information content (AvgIpc) is 2.45. The molecule has 0 radical (unpaired) electrons. The second-order valence-electron chi connectivity index (χ2n) is 4.70. The van der Waals surface area contributed by atoms with E-state index in [0.717, 1.165) is 16.9 Å². The highest BCUT2D eigenvalue weighted by Crippen LogP contribution is 2.16. The van der Waals surface area contributed by atoms with Crippen LogP contribution in [0.15, 0.2) is 18.2 Å². The zero-order valence-electron chi connectivity index (χ0n) is 12.6. The molecule has 0 heterocycles. The summed E-state index contributed by atoms with van der Waals surface area (Å²) < 4.78 is 0. The highest BCUT2D eigenvalue weighted by Gasteiger charge is 2.19. The molecule has 0 saturated carbocycles. The molecule has 0 fully saturated rings. The van der Waals surface area contributed by atoms with Crippen molar-refractivity contribution >= 4 is 17.7 Å². The zero-order valence-corrected chi connectivity index (χ0v) is 13.4. The van der Waals surface area contributed by atoms with Gasteiger partial charge in [0, 0.05) is 30.0 Å². The third-order valence-corrected chi connectivity index (χ3v) is 4.09. The molecule has 0 spiro atoms. The smallest absolute Gasteiger partial charge is 0.254 e. The lowest BCUT2D eigenvalue weighted by molar-refractivity contribution is 0.0757. The van der Waals surface area contributed by atoms with Crippen molar-refractivity contribution in [3.05, 3.63) is 34.9 Å². The largest absolute Gasteiger partial charge is 0.338 e. The number of benzene rings is 1. The van der Waals surface area contributed by atoms with Crippen molar-refractivity contribution in [1.82, 2.24) is 4.90 Å². The molecular formula is C16H22N2OS. The van der Waals surface area contributed by atoms with Crippen molar-refractivity contribution in [1.29, 1.82) is 0 Å². The molecule has 1 aromatic carbocycles. The number of hydrogen-bond donors (Lipinski definition) is 1. The van der Waals surface area contributed by atoms with Crippen LogP contribution in [0.5, 0.6) is 0 Å². The molecule has 3 nitrogen and oxygen atoms in total. The van der Waals surface area contributed by atoms with Crippen LogP contribution in [0.4, 0.5) is 0 Å². The van der Waals surface area contributed by atoms with Crippen molar-refractivity contribution in [3.63, 3.8) is 0 Å². The Labute approximate surface area is 125 Å². The summed E-state index contributed by atoms with van der Waals surface area (Å²) in [6, 6.07) is 5.84. The van der Waals surface area contributed by atoms with Crippen LogP contribution in [-0.2, 0) is 0 Å². The molecule has 1 rings (SSSR count). The average molecular weight is 290 g/mol. The van der Waals surface area contributed by atoms with Gasteiger partial charge in [-0.1, -0.05) is 17.9 Å². The van der Waals surface area contributed by atoms with E-state index in [-0.39, 0.29) is 11.9 Å². The standard InChI is InChI=1S/C16H22N2OS/c1-12(11-20-4)18(3)16(19)15-9-5-7-14(13(15)2)8-6-10-17/h5,7,9,12H,10-11,17H2,1-4H3. The molecular weight excluding hydrogens is 268 g/mol. The maximum Gasteiger partial charge on any atom is 0.254 e. The Morgan fingerprint density at radius 2 is 2.20 bits per heavy atom. The van der Waals surface area contributed by atoms with Crippen LogP contribution in [0, 0.1) is 18.8 Å². The van der Waals surface area contributed by atoms with Gasteiger partial charge in [-0.25, -0.2) is 0 Å². The summed E-state index contributed by atoms with van der Waals surface area (Å²) >= 11 is 1.74. The lowest BCUT2D eigenvalue weighted by Crippen LogP contribution is -2.37. The summed E-state index contributed by atoms with van der Waals surface area (Å²) in [5.74, 6) is 6.81. The molecule has 1 unspecified atom stereocenters. The fraction of sp³-hybridized carbons (Fsp3) is 0.438. The van der Waals surface area contributed by atoms with E-state index in [1.54, 1.807) is 16.7 Å². The Kier molecular flexibility index (Phi) is 6.63. The van der Waals surface area contributed by atoms with Crippen molar-refractivity contribution in [2.24, 2.45) is 5.73 Å². The van der Waals surface area contributed by atoms with Gasteiger partial charge >= 0.3 is 0 Å². The monoisotopic (exact) mass is 290 g/mol. The predicted octanol–water partition coefficient (Wildman–Crippen LogP) is 2.13. The van der Waals surface area contributed by atoms with E-state index in [9.17, 15) is 4.79 Å². The molecule has 0 bridgehead atoms. The van der Waals surface area contributed by atoms with Gasteiger partial charge in [-0.2, -0.15) is 11.8 Å². The Morgan fingerprint density at radius 3 is 2.80 bits per heavy atom. The minimum atomic E-state index is 0.0421. The van der Waals surface area contributed by atoms with E-state index in [1.807, 2.05) is 38.4 Å². The van der Waals surface area contributed by atoms with Crippen LogP contribution >= 0.6 is 11.8 Å². The molecule has 108 valence electrons. The van der Waals surface area contributed by atoms with Crippen LogP contribution in [0.3, 0.4) is 0 Å². The fourth-order valence-corrected chi connectivity index (χ4v) is 2.60. The molecule has 0 aromatic heterocycles. The molecule has 2 N–H and O–H groups in total. The molecule has 0 aliphatic rings. The van der Waals surface area contributed by atoms with E-state index in [2.05, 4.69) is 18.8 Å². The number of carbonyl (C=O) groups is 1. The van der Waals surface area contributed by atoms with Crippen LogP contribution < -0.4 is 5.73 Å². The molecule has 0 saturated heterocycles. The molecule has 0 aliphatic carbocycles. The summed E-state index contributed by atoms with van der Waals surface area (Å²) in [6.45, 7) is 4.31. The van der Waals surface area contributed by atoms with Crippen LogP contribution in [0.25, 0.3) is 0 Å². The van der Waals surface area contributed by atoms with Gasteiger partial charge in [0.05, 0.1) is 6.54 Å². The molecule has 1 amide bonds. The van der Waals surface area contributed by atoms with Gasteiger partial charge in [0.25, 0.3) is 5.91 Å². The van der Waals surface area contributed by atoms with E-state index in [0.29, 0.717) is 12.1 Å². The Balaban J connectivity index is 3.05. The number of thioether (sulfide) groups is 1. The molecule has 4 heteroatoms. The fourth-order valence-electron chi connectivity index (χ4n) is 1.89. The van der Waals surface area contributed by atoms with Gasteiger partial charge in [-0.3, -0.25) is 4.79 Å². The molecule has 20 heavy (non-hydrogen) atoms. The predicted molar refractivity (Wildman–Crippen MR) is 87.0 cm³/mol. The second kappa shape index (κ2) is 7.98. The van der Waals surface area contributed by atoms with Crippen LogP contribution in [-0.4, -0.2) is 42.4 Å². The first-order valence-corrected chi connectivity index (χ1v) is 7.97. The minimum Gasteiger partial charge on any atom is -0.338 e. The van der Waals surface area contributed by atoms with Gasteiger partial charge in [0.1, 0.15) is 0 Å². The lowest BCUT2D eigenvalue weighted by Gasteiger charge is -2.25. The summed E-state index contributed by atoms with van der Waals surface area (Å²) in [5, 5.41) is 0. The maximum atomic E-state index is 12.6. The topological polar surface area (TPSA) is 46.3 Å². The highest BCUT2D eigenvalue weighted by molar-refractivity contribution is 7.98. The summed E-state index contributed by atoms with van der Waals surface area (Å²) in [5.41, 5.74) is 7.89. The molecule has 1 atom stereocenters. The van der Waals surface area contributed by atoms with Crippen molar-refractivity contribution < 1.29 is 4.79 Å². The molecule has 0 aliphatic heterocycles. The SMILES string of the molecule is CSCC(C)N(C)C(=O)c1cccc(C#CCN)c1C. The third-order valence-electron chi connectivity index (χ3n) is 3.28. The Bertz CT molecular complexity index is 531. The summed E-state index contributed by atoms with van der Waals surface area (Å²) in [4.78, 5) is 14.3. The lowest BCUT2D eigenvalue weighted by atomic mass is 10.0. The number of amides is 1. The maximum absolute atomic E-state index is 12.6. The first-order chi connectivity index (χ1) is 9.52. The first kappa shape index (κ1) is 16.6. The van der Waals surface area contributed by atoms with Crippen molar-refractivity contribution in [2.75, 3.05) is 25.6 Å². The van der Waals surface area contributed by atoms with E-state index >= 15 is 0 Å². The van der Waals surface area contributed by atoms with Crippen molar-refractivity contribution in [2.45, 2.75) is 19.9 Å². The van der Waals surface area contributed by atoms with Gasteiger partial charge < -0.3 is 10.6 Å². The third kappa shape index (κ3) is 4.03.